The predicted molar refractivity (Wildman–Crippen MR) is 97.2 cm³/mol. The highest BCUT2D eigenvalue weighted by atomic mass is 32.2. The molecule has 0 aliphatic carbocycles. The van der Waals surface area contributed by atoms with Gasteiger partial charge in [0.2, 0.25) is 16.0 Å². The van der Waals surface area contributed by atoms with Gasteiger partial charge in [0.1, 0.15) is 0 Å². The zero-order valence-electron chi connectivity index (χ0n) is 14.6. The van der Waals surface area contributed by atoms with Crippen LogP contribution >= 0.6 is 0 Å². The monoisotopic (exact) mass is 374 g/mol. The fourth-order valence-corrected chi connectivity index (χ4v) is 5.30. The Kier molecular flexibility index (Phi) is 4.64. The highest BCUT2D eigenvalue weighted by Crippen LogP contribution is 2.36. The maximum absolute atomic E-state index is 12.9. The Hall–Kier alpha value is -2.03. The van der Waals surface area contributed by atoms with E-state index in [-0.39, 0.29) is 17.9 Å². The quantitative estimate of drug-likeness (QED) is 0.854. The average Bonchev–Trinajstić information content (AvgIpc) is 3.22. The van der Waals surface area contributed by atoms with Crippen molar-refractivity contribution in [2.24, 2.45) is 11.8 Å². The number of benzene rings is 1. The Labute approximate surface area is 153 Å². The molecule has 2 aliphatic heterocycles. The number of fused-ring (bicyclic) bond motifs is 1. The molecular weight excluding hydrogens is 352 g/mol. The molecule has 2 fully saturated rings. The van der Waals surface area contributed by atoms with Crippen molar-refractivity contribution in [1.29, 1.82) is 0 Å². The number of nitrogens with one attached hydrogen (secondary N) is 1. The van der Waals surface area contributed by atoms with Crippen molar-refractivity contribution in [2.45, 2.75) is 17.9 Å². The SMILES string of the molecule is Cc1cccc(S(=O)(=O)N2C[C@H]3[C@@H](CNc4ncccn4)CO[C@H]3C2)c1. The standard InChI is InChI=1S/C18H22N4O3S/c1-13-4-2-5-15(8-13)26(23,24)22-10-16-14(12-25-17(16)11-22)9-21-18-19-6-3-7-20-18/h2-8,14,16-17H,9-12H2,1H3,(H,19,20,21)/t14-,16-,17-/m0/s1. The van der Waals surface area contributed by atoms with E-state index in [2.05, 4.69) is 15.3 Å². The van der Waals surface area contributed by atoms with Crippen LogP contribution < -0.4 is 5.32 Å². The van der Waals surface area contributed by atoms with Crippen molar-refractivity contribution in [3.63, 3.8) is 0 Å². The van der Waals surface area contributed by atoms with E-state index in [4.69, 9.17) is 4.74 Å². The van der Waals surface area contributed by atoms with Crippen molar-refractivity contribution in [3.05, 3.63) is 48.3 Å². The molecule has 0 bridgehead atoms. The van der Waals surface area contributed by atoms with Crippen molar-refractivity contribution >= 4 is 16.0 Å². The molecule has 0 saturated carbocycles. The van der Waals surface area contributed by atoms with E-state index in [9.17, 15) is 8.42 Å². The first-order valence-corrected chi connectivity index (χ1v) is 10.2. The minimum atomic E-state index is -3.49. The molecule has 0 amide bonds. The Balaban J connectivity index is 1.44. The summed E-state index contributed by atoms with van der Waals surface area (Å²) in [6, 6.07) is 8.82. The number of aromatic nitrogens is 2. The third-order valence-corrected chi connectivity index (χ3v) is 6.95. The van der Waals surface area contributed by atoms with Gasteiger partial charge >= 0.3 is 0 Å². The Morgan fingerprint density at radius 1 is 1.23 bits per heavy atom. The van der Waals surface area contributed by atoms with E-state index in [1.165, 1.54) is 0 Å². The Morgan fingerprint density at radius 3 is 2.81 bits per heavy atom. The van der Waals surface area contributed by atoms with Gasteiger partial charge in [-0.3, -0.25) is 0 Å². The minimum Gasteiger partial charge on any atom is -0.376 e. The van der Waals surface area contributed by atoms with E-state index in [0.717, 1.165) is 5.56 Å². The fraction of sp³-hybridized carbons (Fsp3) is 0.444. The molecule has 0 unspecified atom stereocenters. The van der Waals surface area contributed by atoms with Crippen LogP contribution in [0.25, 0.3) is 0 Å². The highest BCUT2D eigenvalue weighted by Gasteiger charge is 2.47. The van der Waals surface area contributed by atoms with Crippen molar-refractivity contribution < 1.29 is 13.2 Å². The van der Waals surface area contributed by atoms with Crippen LogP contribution in [-0.2, 0) is 14.8 Å². The van der Waals surface area contributed by atoms with Crippen molar-refractivity contribution in [1.82, 2.24) is 14.3 Å². The number of sulfonamides is 1. The lowest BCUT2D eigenvalue weighted by atomic mass is 9.93. The summed E-state index contributed by atoms with van der Waals surface area (Å²) < 4.78 is 33.3. The van der Waals surface area contributed by atoms with E-state index in [1.807, 2.05) is 13.0 Å². The normalized spacial score (nSPS) is 26.0. The number of hydrogen-bond donors (Lipinski definition) is 1. The van der Waals surface area contributed by atoms with E-state index in [0.29, 0.717) is 37.1 Å². The van der Waals surface area contributed by atoms with Gasteiger partial charge in [-0.25, -0.2) is 18.4 Å². The summed E-state index contributed by atoms with van der Waals surface area (Å²) in [4.78, 5) is 8.67. The second-order valence-corrected chi connectivity index (χ2v) is 8.83. The predicted octanol–water partition coefficient (Wildman–Crippen LogP) is 1.53. The molecule has 7 nitrogen and oxygen atoms in total. The van der Waals surface area contributed by atoms with Crippen LogP contribution in [0.5, 0.6) is 0 Å². The van der Waals surface area contributed by atoms with E-state index in [1.54, 1.807) is 41.0 Å². The van der Waals surface area contributed by atoms with Gasteiger partial charge in [0.15, 0.2) is 0 Å². The van der Waals surface area contributed by atoms with Gasteiger partial charge < -0.3 is 10.1 Å². The summed E-state index contributed by atoms with van der Waals surface area (Å²) in [6.07, 6.45) is 3.34. The van der Waals surface area contributed by atoms with Gasteiger partial charge in [0.05, 0.1) is 17.6 Å². The van der Waals surface area contributed by atoms with Crippen LogP contribution in [0.15, 0.2) is 47.6 Å². The van der Waals surface area contributed by atoms with E-state index >= 15 is 0 Å². The lowest BCUT2D eigenvalue weighted by molar-refractivity contribution is 0.104. The molecule has 1 aromatic heterocycles. The molecule has 1 N–H and O–H groups in total. The number of nitrogens with zero attached hydrogens (tertiary/aromatic N) is 3. The number of aryl methyl sites for hydroxylation is 1. The van der Waals surface area contributed by atoms with Crippen LogP contribution in [0.2, 0.25) is 0 Å². The summed E-state index contributed by atoms with van der Waals surface area (Å²) in [6.45, 7) is 4.10. The minimum absolute atomic E-state index is 0.0434. The molecule has 1 aromatic carbocycles. The summed E-state index contributed by atoms with van der Waals surface area (Å²) >= 11 is 0. The van der Waals surface area contributed by atoms with Crippen LogP contribution in [0.4, 0.5) is 5.95 Å². The molecule has 138 valence electrons. The lowest BCUT2D eigenvalue weighted by Crippen LogP contribution is -2.32. The number of rotatable bonds is 5. The van der Waals surface area contributed by atoms with Gasteiger partial charge in [-0.1, -0.05) is 12.1 Å². The first-order valence-electron chi connectivity index (χ1n) is 8.73. The summed E-state index contributed by atoms with van der Waals surface area (Å²) in [5, 5.41) is 3.22. The molecule has 26 heavy (non-hydrogen) atoms. The highest BCUT2D eigenvalue weighted by molar-refractivity contribution is 7.89. The van der Waals surface area contributed by atoms with Gasteiger partial charge in [0, 0.05) is 43.9 Å². The summed E-state index contributed by atoms with van der Waals surface area (Å²) in [5.74, 6) is 1.01. The van der Waals surface area contributed by atoms with Crippen LogP contribution in [0.3, 0.4) is 0 Å². The zero-order chi connectivity index (χ0) is 18.1. The smallest absolute Gasteiger partial charge is 0.243 e. The Bertz CT molecular complexity index is 875. The maximum Gasteiger partial charge on any atom is 0.243 e. The Morgan fingerprint density at radius 2 is 2.04 bits per heavy atom. The first-order chi connectivity index (χ1) is 12.5. The molecule has 4 rings (SSSR count). The van der Waals surface area contributed by atoms with Crippen molar-refractivity contribution in [3.8, 4) is 0 Å². The number of anilines is 1. The number of ether oxygens (including phenoxy) is 1. The lowest BCUT2D eigenvalue weighted by Gasteiger charge is -2.20. The van der Waals surface area contributed by atoms with Gasteiger partial charge in [-0.2, -0.15) is 4.31 Å². The topological polar surface area (TPSA) is 84.4 Å². The molecule has 3 atom stereocenters. The third-order valence-electron chi connectivity index (χ3n) is 5.12. The second-order valence-electron chi connectivity index (χ2n) is 6.89. The third kappa shape index (κ3) is 3.32. The molecular formula is C18H22N4O3S. The maximum atomic E-state index is 12.9. The molecule has 0 radical (unpaired) electrons. The van der Waals surface area contributed by atoms with Gasteiger partial charge in [0.25, 0.3) is 0 Å². The molecule has 0 spiro atoms. The molecule has 2 aliphatic rings. The average molecular weight is 374 g/mol. The number of hydrogen-bond acceptors (Lipinski definition) is 6. The van der Waals surface area contributed by atoms with Crippen LogP contribution in [0.1, 0.15) is 5.56 Å². The van der Waals surface area contributed by atoms with Gasteiger partial charge in [-0.05, 0) is 30.7 Å². The van der Waals surface area contributed by atoms with Crippen LogP contribution in [0, 0.1) is 18.8 Å². The molecule has 2 aromatic rings. The zero-order valence-corrected chi connectivity index (χ0v) is 15.4. The summed E-state index contributed by atoms with van der Waals surface area (Å²) in [7, 11) is -3.49. The molecule has 8 heteroatoms. The fourth-order valence-electron chi connectivity index (χ4n) is 3.71. The molecule has 2 saturated heterocycles. The summed E-state index contributed by atoms with van der Waals surface area (Å²) in [5.41, 5.74) is 0.937. The van der Waals surface area contributed by atoms with Crippen LogP contribution in [-0.4, -0.2) is 55.0 Å². The van der Waals surface area contributed by atoms with E-state index < -0.39 is 10.0 Å². The first kappa shape index (κ1) is 17.4. The second kappa shape index (κ2) is 6.94. The largest absolute Gasteiger partial charge is 0.376 e. The molecule has 3 heterocycles. The van der Waals surface area contributed by atoms with Gasteiger partial charge in [-0.15, -0.1) is 0 Å². The van der Waals surface area contributed by atoms with Crippen molar-refractivity contribution in [2.75, 3.05) is 31.6 Å².